The van der Waals surface area contributed by atoms with Crippen LogP contribution in [0.25, 0.3) is 5.76 Å². The maximum Gasteiger partial charge on any atom is 0.238 e. The Morgan fingerprint density at radius 3 is 1.97 bits per heavy atom. The van der Waals surface area contributed by atoms with Gasteiger partial charge in [-0.05, 0) is 36.5 Å². The summed E-state index contributed by atoms with van der Waals surface area (Å²) in [5.74, 6) is -0.653. The summed E-state index contributed by atoms with van der Waals surface area (Å²) in [6, 6.07) is 22.7. The van der Waals surface area contributed by atoms with Crippen LogP contribution in [0.3, 0.4) is 0 Å². The van der Waals surface area contributed by atoms with E-state index in [4.69, 9.17) is 17.4 Å². The van der Waals surface area contributed by atoms with Crippen molar-refractivity contribution in [3.8, 4) is 0 Å². The number of nitrogens with one attached hydrogen (secondary N) is 1. The summed E-state index contributed by atoms with van der Waals surface area (Å²) < 4.78 is 22.7. The van der Waals surface area contributed by atoms with Crippen LogP contribution in [0, 0.1) is 0 Å². The Kier molecular flexibility index (Phi) is 7.26. The van der Waals surface area contributed by atoms with Gasteiger partial charge in [-0.3, -0.25) is 4.79 Å². The van der Waals surface area contributed by atoms with Crippen molar-refractivity contribution in [2.75, 3.05) is 5.32 Å². The summed E-state index contributed by atoms with van der Waals surface area (Å²) in [6.45, 7) is 0. The van der Waals surface area contributed by atoms with Crippen LogP contribution in [0.5, 0.6) is 0 Å². The number of nitrogens with zero attached hydrogens (tertiary/aromatic N) is 1. The van der Waals surface area contributed by atoms with E-state index >= 15 is 0 Å². The number of anilines is 1. The van der Waals surface area contributed by atoms with Crippen LogP contribution in [0.2, 0.25) is 0 Å². The van der Waals surface area contributed by atoms with Crippen molar-refractivity contribution in [1.82, 2.24) is 0 Å². The zero-order valence-electron chi connectivity index (χ0n) is 16.7. The fraction of sp³-hybridized carbons (Fsp3) is 0. The number of ketones is 1. The zero-order valence-corrected chi connectivity index (χ0v) is 18.3. The summed E-state index contributed by atoms with van der Waals surface area (Å²) >= 11 is 5.20. The third-order valence-electron chi connectivity index (χ3n) is 4.33. The highest BCUT2D eigenvalue weighted by Crippen LogP contribution is 2.19. The van der Waals surface area contributed by atoms with E-state index in [1.807, 2.05) is 0 Å². The maximum absolute atomic E-state index is 13.0. The first-order valence-electron chi connectivity index (χ1n) is 9.32. The molecule has 0 fully saturated rings. The second-order valence-electron chi connectivity index (χ2n) is 6.58. The van der Waals surface area contributed by atoms with E-state index in [0.29, 0.717) is 16.8 Å². The molecule has 0 amide bonds. The molecule has 0 radical (unpaired) electrons. The molecule has 0 bridgehead atoms. The Labute approximate surface area is 191 Å². The van der Waals surface area contributed by atoms with Crippen LogP contribution in [-0.4, -0.2) is 30.6 Å². The van der Waals surface area contributed by atoms with E-state index in [9.17, 15) is 18.3 Å². The second-order valence-corrected chi connectivity index (χ2v) is 8.53. The van der Waals surface area contributed by atoms with Gasteiger partial charge in [0.05, 0.1) is 10.5 Å². The molecule has 0 spiro atoms. The van der Waals surface area contributed by atoms with Gasteiger partial charge in [0.15, 0.2) is 10.9 Å². The van der Waals surface area contributed by atoms with Gasteiger partial charge in [0, 0.05) is 23.0 Å². The minimum atomic E-state index is -3.80. The number of carbonyl (C=O) groups is 1. The SMILES string of the molecule is NS(=O)(=O)c1ccc(NC(=S)N=CC(C(=O)c2ccccc2)=C(O)c2ccccc2)cc1. The number of hydrogen-bond acceptors (Lipinski definition) is 5. The Morgan fingerprint density at radius 1 is 0.906 bits per heavy atom. The smallest absolute Gasteiger partial charge is 0.238 e. The van der Waals surface area contributed by atoms with Gasteiger partial charge in [0.1, 0.15) is 5.76 Å². The van der Waals surface area contributed by atoms with Gasteiger partial charge in [0.25, 0.3) is 0 Å². The number of thiocarbonyl (C=S) groups is 1. The lowest BCUT2D eigenvalue weighted by Crippen LogP contribution is -2.13. The molecule has 162 valence electrons. The third-order valence-corrected chi connectivity index (χ3v) is 5.46. The molecule has 0 aliphatic heterocycles. The van der Waals surface area contributed by atoms with Gasteiger partial charge in [-0.1, -0.05) is 60.7 Å². The van der Waals surface area contributed by atoms with Crippen LogP contribution in [0.15, 0.2) is 100 Å². The first kappa shape index (κ1) is 23.0. The van der Waals surface area contributed by atoms with Crippen LogP contribution in [0.4, 0.5) is 5.69 Å². The third kappa shape index (κ3) is 5.94. The standard InChI is InChI=1S/C23H19N3O4S2/c24-32(29,30)19-13-11-18(12-14-19)26-23(31)25-15-20(21(27)16-7-3-1-4-8-16)22(28)17-9-5-2-6-10-17/h1-15,27H,(H,26,31)(H2,24,29,30). The summed E-state index contributed by atoms with van der Waals surface area (Å²) in [5, 5.41) is 18.7. The second kappa shape index (κ2) is 10.1. The lowest BCUT2D eigenvalue weighted by Gasteiger charge is -2.08. The lowest BCUT2D eigenvalue weighted by atomic mass is 10.0. The van der Waals surface area contributed by atoms with Crippen LogP contribution in [0.1, 0.15) is 15.9 Å². The number of hydrogen-bond donors (Lipinski definition) is 3. The first-order valence-corrected chi connectivity index (χ1v) is 11.3. The van der Waals surface area contributed by atoms with Gasteiger partial charge in [-0.15, -0.1) is 0 Å². The molecule has 3 rings (SSSR count). The van der Waals surface area contributed by atoms with E-state index in [-0.39, 0.29) is 21.3 Å². The molecule has 0 heterocycles. The van der Waals surface area contributed by atoms with E-state index in [0.717, 1.165) is 0 Å². The van der Waals surface area contributed by atoms with E-state index in [2.05, 4.69) is 10.3 Å². The fourth-order valence-electron chi connectivity index (χ4n) is 2.73. The number of sulfonamides is 1. The Morgan fingerprint density at radius 2 is 1.44 bits per heavy atom. The molecule has 7 nitrogen and oxygen atoms in total. The number of carbonyl (C=O) groups excluding carboxylic acids is 1. The van der Waals surface area contributed by atoms with Crippen molar-refractivity contribution in [3.63, 3.8) is 0 Å². The number of rotatable bonds is 6. The highest BCUT2D eigenvalue weighted by Gasteiger charge is 2.17. The Hall–Kier alpha value is -3.66. The average molecular weight is 466 g/mol. The summed E-state index contributed by atoms with van der Waals surface area (Å²) in [6.07, 6.45) is 1.20. The largest absolute Gasteiger partial charge is 0.506 e. The van der Waals surface area contributed by atoms with E-state index < -0.39 is 15.8 Å². The minimum Gasteiger partial charge on any atom is -0.506 e. The molecular formula is C23H19N3O4S2. The van der Waals surface area contributed by atoms with Crippen LogP contribution >= 0.6 is 12.2 Å². The molecule has 0 aliphatic rings. The molecule has 0 unspecified atom stereocenters. The number of primary sulfonamides is 1. The van der Waals surface area contributed by atoms with Crippen molar-refractivity contribution < 1.29 is 18.3 Å². The minimum absolute atomic E-state index is 0.00702. The number of aliphatic imine (C=N–C) groups is 1. The van der Waals surface area contributed by atoms with Gasteiger partial charge in [-0.25, -0.2) is 18.5 Å². The molecule has 9 heteroatoms. The molecule has 4 N–H and O–H groups in total. The van der Waals surface area contributed by atoms with Crippen molar-refractivity contribution in [2.45, 2.75) is 4.90 Å². The summed E-state index contributed by atoms with van der Waals surface area (Å²) in [4.78, 5) is 17.1. The molecule has 3 aromatic rings. The summed E-state index contributed by atoms with van der Waals surface area (Å²) in [7, 11) is -3.80. The van der Waals surface area contributed by atoms with Crippen molar-refractivity contribution in [2.24, 2.45) is 10.1 Å². The number of aliphatic hydroxyl groups excluding tert-OH is 1. The normalized spacial score (nSPS) is 12.3. The van der Waals surface area contributed by atoms with Crippen LogP contribution < -0.4 is 10.5 Å². The van der Waals surface area contributed by atoms with Crippen LogP contribution in [-0.2, 0) is 10.0 Å². The number of Topliss-reactive ketones (excluding diaryl/α,β-unsaturated/α-hetero) is 1. The van der Waals surface area contributed by atoms with Gasteiger partial charge in [-0.2, -0.15) is 0 Å². The molecular weight excluding hydrogens is 446 g/mol. The zero-order chi connectivity index (χ0) is 23.1. The molecule has 32 heavy (non-hydrogen) atoms. The predicted octanol–water partition coefficient (Wildman–Crippen LogP) is 3.95. The Balaban J connectivity index is 1.87. The van der Waals surface area contributed by atoms with E-state index in [1.165, 1.54) is 30.5 Å². The Bertz CT molecular complexity index is 1290. The fourth-order valence-corrected chi connectivity index (χ4v) is 3.42. The molecule has 0 saturated heterocycles. The number of benzene rings is 3. The highest BCUT2D eigenvalue weighted by molar-refractivity contribution is 7.89. The van der Waals surface area contributed by atoms with Crippen molar-refractivity contribution in [3.05, 3.63) is 102 Å². The number of nitrogens with two attached hydrogens (primary N) is 1. The predicted molar refractivity (Wildman–Crippen MR) is 129 cm³/mol. The average Bonchev–Trinajstić information content (AvgIpc) is 2.80. The quantitative estimate of drug-likeness (QED) is 0.167. The van der Waals surface area contributed by atoms with Gasteiger partial charge in [0.2, 0.25) is 10.0 Å². The van der Waals surface area contributed by atoms with E-state index in [1.54, 1.807) is 60.7 Å². The van der Waals surface area contributed by atoms with Gasteiger partial charge >= 0.3 is 0 Å². The molecule has 0 atom stereocenters. The first-order chi connectivity index (χ1) is 15.3. The van der Waals surface area contributed by atoms with Crippen molar-refractivity contribution in [1.29, 1.82) is 0 Å². The van der Waals surface area contributed by atoms with Crippen molar-refractivity contribution >= 4 is 50.8 Å². The molecule has 3 aromatic carbocycles. The summed E-state index contributed by atoms with van der Waals surface area (Å²) in [5.41, 5.74) is 1.28. The number of aliphatic hydroxyl groups is 1. The maximum atomic E-state index is 13.0. The molecule has 0 aromatic heterocycles. The van der Waals surface area contributed by atoms with Gasteiger partial charge < -0.3 is 10.4 Å². The molecule has 0 saturated carbocycles. The lowest BCUT2D eigenvalue weighted by molar-refractivity contribution is 0.104. The monoisotopic (exact) mass is 465 g/mol. The highest BCUT2D eigenvalue weighted by atomic mass is 32.2. The molecule has 0 aliphatic carbocycles. The number of allylic oxidation sites excluding steroid dienone is 1. The topological polar surface area (TPSA) is 122 Å².